The Balaban J connectivity index is 2.31. The van der Waals surface area contributed by atoms with Crippen LogP contribution in [-0.4, -0.2) is 25.8 Å². The molecule has 2 aromatic rings. The first kappa shape index (κ1) is 13.2. The average molecular weight is 326 g/mol. The molecule has 19 heavy (non-hydrogen) atoms. The number of rotatable bonds is 4. The predicted molar refractivity (Wildman–Crippen MR) is 69.3 cm³/mol. The van der Waals surface area contributed by atoms with Gasteiger partial charge in [-0.3, -0.25) is 14.9 Å². The Labute approximate surface area is 115 Å². The number of aliphatic carboxylic acids is 1. The van der Waals surface area contributed by atoms with E-state index in [1.807, 2.05) is 0 Å². The molecule has 8 heteroatoms. The molecule has 0 bridgehead atoms. The lowest BCUT2D eigenvalue weighted by Crippen LogP contribution is -2.03. The van der Waals surface area contributed by atoms with E-state index in [2.05, 4.69) is 21.0 Å². The molecule has 0 spiro atoms. The first-order chi connectivity index (χ1) is 8.97. The number of hydrogen-bond acceptors (Lipinski definition) is 4. The third-order valence-electron chi connectivity index (χ3n) is 2.38. The molecule has 0 atom stereocenters. The number of carboxylic acids is 1. The van der Waals surface area contributed by atoms with E-state index in [1.54, 1.807) is 18.3 Å². The molecule has 2 rings (SSSR count). The zero-order chi connectivity index (χ0) is 14.0. The van der Waals surface area contributed by atoms with Gasteiger partial charge in [0.15, 0.2) is 0 Å². The summed E-state index contributed by atoms with van der Waals surface area (Å²) in [5, 5.41) is 23.4. The number of non-ortho nitro benzene ring substituents is 1. The Morgan fingerprint density at radius 1 is 1.42 bits per heavy atom. The fraction of sp³-hybridized carbons (Fsp3) is 0.0909. The third kappa shape index (κ3) is 2.97. The number of hydrogen-bond donors (Lipinski definition) is 1. The number of benzene rings is 1. The largest absolute Gasteiger partial charge is 0.481 e. The molecule has 0 unspecified atom stereocenters. The van der Waals surface area contributed by atoms with E-state index in [-0.39, 0.29) is 12.1 Å². The van der Waals surface area contributed by atoms with E-state index < -0.39 is 10.9 Å². The summed E-state index contributed by atoms with van der Waals surface area (Å²) in [6.45, 7) is 0. The molecule has 1 aromatic heterocycles. The summed E-state index contributed by atoms with van der Waals surface area (Å²) >= 11 is 3.23. The fourth-order valence-electron chi connectivity index (χ4n) is 1.51. The molecular formula is C11H8BrN3O4. The van der Waals surface area contributed by atoms with Crippen molar-refractivity contribution < 1.29 is 14.8 Å². The van der Waals surface area contributed by atoms with Gasteiger partial charge in [-0.05, 0) is 28.1 Å². The van der Waals surface area contributed by atoms with Crippen LogP contribution in [-0.2, 0) is 11.2 Å². The maximum Gasteiger partial charge on any atom is 0.309 e. The first-order valence-electron chi connectivity index (χ1n) is 5.18. The maximum atomic E-state index is 10.6. The van der Waals surface area contributed by atoms with E-state index in [1.165, 1.54) is 16.8 Å². The van der Waals surface area contributed by atoms with Gasteiger partial charge in [-0.25, -0.2) is 4.68 Å². The molecule has 0 aliphatic carbocycles. The van der Waals surface area contributed by atoms with Gasteiger partial charge in [-0.1, -0.05) is 0 Å². The van der Waals surface area contributed by atoms with Gasteiger partial charge in [0, 0.05) is 18.3 Å². The second-order valence-electron chi connectivity index (χ2n) is 3.71. The van der Waals surface area contributed by atoms with Gasteiger partial charge in [0.25, 0.3) is 5.69 Å². The first-order valence-corrected chi connectivity index (χ1v) is 5.97. The van der Waals surface area contributed by atoms with Gasteiger partial charge in [-0.15, -0.1) is 0 Å². The van der Waals surface area contributed by atoms with Crippen LogP contribution >= 0.6 is 15.9 Å². The highest BCUT2D eigenvalue weighted by atomic mass is 79.9. The van der Waals surface area contributed by atoms with Crippen molar-refractivity contribution in [3.63, 3.8) is 0 Å². The van der Waals surface area contributed by atoms with Crippen molar-refractivity contribution in [1.29, 1.82) is 0 Å². The summed E-state index contributed by atoms with van der Waals surface area (Å²) in [6.07, 6.45) is 1.42. The number of nitro groups is 1. The van der Waals surface area contributed by atoms with Crippen LogP contribution in [0.2, 0.25) is 0 Å². The highest BCUT2D eigenvalue weighted by Crippen LogP contribution is 2.20. The maximum absolute atomic E-state index is 10.6. The minimum absolute atomic E-state index is 0.0132. The van der Waals surface area contributed by atoms with Gasteiger partial charge in [0.1, 0.15) is 0 Å². The molecule has 0 radical (unpaired) electrons. The Morgan fingerprint density at radius 3 is 2.58 bits per heavy atom. The van der Waals surface area contributed by atoms with Crippen molar-refractivity contribution in [3.8, 4) is 5.69 Å². The van der Waals surface area contributed by atoms with Crippen LogP contribution in [0, 0.1) is 10.1 Å². The number of nitro benzene ring substituents is 1. The normalized spacial score (nSPS) is 10.4. The van der Waals surface area contributed by atoms with Crippen LogP contribution in [0.15, 0.2) is 34.9 Å². The highest BCUT2D eigenvalue weighted by molar-refractivity contribution is 9.10. The van der Waals surface area contributed by atoms with Gasteiger partial charge >= 0.3 is 5.97 Å². The van der Waals surface area contributed by atoms with Crippen molar-refractivity contribution in [2.75, 3.05) is 0 Å². The topological polar surface area (TPSA) is 98.3 Å². The van der Waals surface area contributed by atoms with Crippen molar-refractivity contribution in [3.05, 3.63) is 50.7 Å². The van der Waals surface area contributed by atoms with E-state index in [0.717, 1.165) is 0 Å². The van der Waals surface area contributed by atoms with Crippen molar-refractivity contribution in [1.82, 2.24) is 9.78 Å². The van der Waals surface area contributed by atoms with Crippen molar-refractivity contribution in [2.24, 2.45) is 0 Å². The zero-order valence-corrected chi connectivity index (χ0v) is 11.1. The lowest BCUT2D eigenvalue weighted by molar-refractivity contribution is -0.384. The summed E-state index contributed by atoms with van der Waals surface area (Å²) in [5.41, 5.74) is 0.995. The minimum atomic E-state index is -0.977. The van der Waals surface area contributed by atoms with Crippen LogP contribution in [0.25, 0.3) is 5.69 Å². The van der Waals surface area contributed by atoms with Gasteiger partial charge in [0.2, 0.25) is 0 Å². The summed E-state index contributed by atoms with van der Waals surface area (Å²) < 4.78 is 2.04. The molecule has 0 saturated carbocycles. The second kappa shape index (κ2) is 5.19. The Bertz CT molecular complexity index is 636. The van der Waals surface area contributed by atoms with Crippen LogP contribution in [0.3, 0.4) is 0 Å². The molecule has 0 saturated heterocycles. The van der Waals surface area contributed by atoms with Crippen LogP contribution in [0.5, 0.6) is 0 Å². The van der Waals surface area contributed by atoms with Crippen LogP contribution in [0.4, 0.5) is 5.69 Å². The summed E-state index contributed by atoms with van der Waals surface area (Å²) in [6, 6.07) is 5.81. The van der Waals surface area contributed by atoms with E-state index >= 15 is 0 Å². The molecule has 0 aliphatic heterocycles. The predicted octanol–water partition coefficient (Wildman–Crippen LogP) is 2.17. The number of nitrogens with zero attached hydrogens (tertiary/aromatic N) is 3. The van der Waals surface area contributed by atoms with Crippen molar-refractivity contribution >= 4 is 27.6 Å². The standard InChI is InChI=1S/C11H8BrN3O4/c12-9-6-14(13-10(9)5-11(16)17)7-1-3-8(4-2-7)15(18)19/h1-4,6H,5H2,(H,16,17). The smallest absolute Gasteiger partial charge is 0.309 e. The zero-order valence-electron chi connectivity index (χ0n) is 9.49. The SMILES string of the molecule is O=C(O)Cc1nn(-c2ccc([N+](=O)[O-])cc2)cc1Br. The molecule has 0 amide bonds. The number of carbonyl (C=O) groups is 1. The Hall–Kier alpha value is -2.22. The molecule has 98 valence electrons. The average Bonchev–Trinajstić information content (AvgIpc) is 2.70. The van der Waals surface area contributed by atoms with Gasteiger partial charge in [0.05, 0.1) is 27.2 Å². The summed E-state index contributed by atoms with van der Waals surface area (Å²) in [4.78, 5) is 20.7. The van der Waals surface area contributed by atoms with Gasteiger partial charge in [-0.2, -0.15) is 5.10 Å². The number of halogens is 1. The van der Waals surface area contributed by atoms with Crippen LogP contribution < -0.4 is 0 Å². The van der Waals surface area contributed by atoms with E-state index in [0.29, 0.717) is 15.9 Å². The highest BCUT2D eigenvalue weighted by Gasteiger charge is 2.12. The molecule has 0 aliphatic rings. The number of carboxylic acid groups (broad SMARTS) is 1. The van der Waals surface area contributed by atoms with E-state index in [4.69, 9.17) is 5.11 Å². The van der Waals surface area contributed by atoms with E-state index in [9.17, 15) is 14.9 Å². The molecular weight excluding hydrogens is 318 g/mol. The summed E-state index contributed by atoms with van der Waals surface area (Å²) in [7, 11) is 0. The van der Waals surface area contributed by atoms with Crippen molar-refractivity contribution in [2.45, 2.75) is 6.42 Å². The minimum Gasteiger partial charge on any atom is -0.481 e. The second-order valence-corrected chi connectivity index (χ2v) is 4.57. The lowest BCUT2D eigenvalue weighted by atomic mass is 10.3. The quantitative estimate of drug-likeness (QED) is 0.686. The third-order valence-corrected chi connectivity index (χ3v) is 3.05. The Kier molecular flexibility index (Phi) is 3.61. The lowest BCUT2D eigenvalue weighted by Gasteiger charge is -2.00. The fourth-order valence-corrected chi connectivity index (χ4v) is 1.92. The van der Waals surface area contributed by atoms with Crippen LogP contribution in [0.1, 0.15) is 5.69 Å². The molecule has 0 fully saturated rings. The number of aromatic nitrogens is 2. The Morgan fingerprint density at radius 2 is 2.05 bits per heavy atom. The monoisotopic (exact) mass is 325 g/mol. The van der Waals surface area contributed by atoms with Gasteiger partial charge < -0.3 is 5.11 Å². The molecule has 1 N–H and O–H groups in total. The molecule has 1 heterocycles. The molecule has 1 aromatic carbocycles. The molecule has 7 nitrogen and oxygen atoms in total. The summed E-state index contributed by atoms with van der Waals surface area (Å²) in [5.74, 6) is -0.977.